The van der Waals surface area contributed by atoms with E-state index in [-0.39, 0.29) is 5.79 Å². The number of nitrogens with zero attached hydrogens (tertiary/aromatic N) is 3. The standard InChI is InChI=1S/C17H20N4O2/c1-2-4-14(5-3-1)20-15-12-16(19-13-18-15)21-8-6-17(7-9-21)22-10-11-23-17/h1-5,12-13H,6-11H2,(H,18,19,20). The van der Waals surface area contributed by atoms with Gasteiger partial charge in [-0.25, -0.2) is 9.97 Å². The second-order valence-electron chi connectivity index (χ2n) is 5.85. The van der Waals surface area contributed by atoms with Crippen LogP contribution < -0.4 is 10.2 Å². The summed E-state index contributed by atoms with van der Waals surface area (Å²) in [6, 6.07) is 12.0. The Morgan fingerprint density at radius 1 is 1.00 bits per heavy atom. The molecule has 0 aliphatic carbocycles. The van der Waals surface area contributed by atoms with Crippen molar-refractivity contribution in [2.45, 2.75) is 18.6 Å². The molecule has 23 heavy (non-hydrogen) atoms. The van der Waals surface area contributed by atoms with Gasteiger partial charge in [-0.3, -0.25) is 0 Å². The van der Waals surface area contributed by atoms with Crippen molar-refractivity contribution in [3.8, 4) is 0 Å². The molecule has 6 nitrogen and oxygen atoms in total. The van der Waals surface area contributed by atoms with Crippen molar-refractivity contribution in [2.75, 3.05) is 36.5 Å². The summed E-state index contributed by atoms with van der Waals surface area (Å²) in [5.74, 6) is 1.38. The molecule has 0 bridgehead atoms. The van der Waals surface area contributed by atoms with Gasteiger partial charge < -0.3 is 19.7 Å². The SMILES string of the molecule is c1ccc(Nc2cc(N3CCC4(CC3)OCCO4)ncn2)cc1. The first-order valence-electron chi connectivity index (χ1n) is 8.00. The van der Waals surface area contributed by atoms with Gasteiger partial charge >= 0.3 is 0 Å². The Balaban J connectivity index is 1.44. The summed E-state index contributed by atoms with van der Waals surface area (Å²) in [5.41, 5.74) is 1.02. The predicted molar refractivity (Wildman–Crippen MR) is 87.8 cm³/mol. The molecule has 0 amide bonds. The molecule has 1 aromatic heterocycles. The maximum Gasteiger partial charge on any atom is 0.171 e. The molecule has 0 radical (unpaired) electrons. The molecule has 1 N–H and O–H groups in total. The van der Waals surface area contributed by atoms with Crippen molar-refractivity contribution in [2.24, 2.45) is 0 Å². The molecule has 2 saturated heterocycles. The van der Waals surface area contributed by atoms with Crippen molar-refractivity contribution in [3.05, 3.63) is 42.7 Å². The minimum absolute atomic E-state index is 0.353. The van der Waals surface area contributed by atoms with Crippen molar-refractivity contribution >= 4 is 17.3 Å². The fraction of sp³-hybridized carbons (Fsp3) is 0.412. The van der Waals surface area contributed by atoms with Gasteiger partial charge in [-0.15, -0.1) is 0 Å². The topological polar surface area (TPSA) is 59.5 Å². The van der Waals surface area contributed by atoms with E-state index in [0.29, 0.717) is 13.2 Å². The molecule has 4 rings (SSSR count). The fourth-order valence-electron chi connectivity index (χ4n) is 3.12. The molecule has 6 heteroatoms. The summed E-state index contributed by atoms with van der Waals surface area (Å²) < 4.78 is 11.5. The van der Waals surface area contributed by atoms with Crippen molar-refractivity contribution in [1.82, 2.24) is 9.97 Å². The van der Waals surface area contributed by atoms with Crippen LogP contribution in [-0.4, -0.2) is 42.1 Å². The van der Waals surface area contributed by atoms with E-state index in [2.05, 4.69) is 20.2 Å². The Kier molecular flexibility index (Phi) is 3.85. The van der Waals surface area contributed by atoms with Crippen LogP contribution in [0.5, 0.6) is 0 Å². The van der Waals surface area contributed by atoms with E-state index in [1.54, 1.807) is 6.33 Å². The lowest BCUT2D eigenvalue weighted by Crippen LogP contribution is -2.45. The Morgan fingerprint density at radius 2 is 1.74 bits per heavy atom. The lowest BCUT2D eigenvalue weighted by molar-refractivity contribution is -0.169. The molecule has 0 unspecified atom stereocenters. The fourth-order valence-corrected chi connectivity index (χ4v) is 3.12. The van der Waals surface area contributed by atoms with Crippen molar-refractivity contribution < 1.29 is 9.47 Å². The molecule has 1 spiro atoms. The molecule has 2 aliphatic heterocycles. The lowest BCUT2D eigenvalue weighted by Gasteiger charge is -2.38. The van der Waals surface area contributed by atoms with Gasteiger partial charge in [-0.1, -0.05) is 18.2 Å². The third-order valence-electron chi connectivity index (χ3n) is 4.36. The Labute approximate surface area is 135 Å². The zero-order valence-electron chi connectivity index (χ0n) is 12.9. The first kappa shape index (κ1) is 14.4. The maximum absolute atomic E-state index is 5.77. The largest absolute Gasteiger partial charge is 0.356 e. The van der Waals surface area contributed by atoms with E-state index in [9.17, 15) is 0 Å². The molecule has 2 aliphatic rings. The summed E-state index contributed by atoms with van der Waals surface area (Å²) in [7, 11) is 0. The van der Waals surface area contributed by atoms with Gasteiger partial charge in [0.25, 0.3) is 0 Å². The van der Waals surface area contributed by atoms with Gasteiger partial charge in [0.1, 0.15) is 18.0 Å². The van der Waals surface area contributed by atoms with Crippen molar-refractivity contribution in [1.29, 1.82) is 0 Å². The number of ether oxygens (including phenoxy) is 2. The molecular weight excluding hydrogens is 292 g/mol. The molecule has 2 fully saturated rings. The highest BCUT2D eigenvalue weighted by Gasteiger charge is 2.40. The summed E-state index contributed by atoms with van der Waals surface area (Å²) >= 11 is 0. The van der Waals surface area contributed by atoms with Crippen LogP contribution >= 0.6 is 0 Å². The number of anilines is 3. The zero-order chi connectivity index (χ0) is 15.5. The maximum atomic E-state index is 5.77. The lowest BCUT2D eigenvalue weighted by atomic mass is 10.0. The Hall–Kier alpha value is -2.18. The first-order valence-corrected chi connectivity index (χ1v) is 8.00. The molecule has 3 heterocycles. The number of hydrogen-bond acceptors (Lipinski definition) is 6. The minimum atomic E-state index is -0.353. The number of benzene rings is 1. The van der Waals surface area contributed by atoms with E-state index in [1.165, 1.54) is 0 Å². The van der Waals surface area contributed by atoms with Crippen LogP contribution in [0.15, 0.2) is 42.7 Å². The Morgan fingerprint density at radius 3 is 2.48 bits per heavy atom. The van der Waals surface area contributed by atoms with Crippen LogP contribution in [0.3, 0.4) is 0 Å². The van der Waals surface area contributed by atoms with Crippen LogP contribution in [0.4, 0.5) is 17.3 Å². The number of nitrogens with one attached hydrogen (secondary N) is 1. The number of rotatable bonds is 3. The summed E-state index contributed by atoms with van der Waals surface area (Å²) in [6.07, 6.45) is 3.35. The van der Waals surface area contributed by atoms with Crippen molar-refractivity contribution in [3.63, 3.8) is 0 Å². The molecular formula is C17H20N4O2. The first-order chi connectivity index (χ1) is 11.3. The average molecular weight is 312 g/mol. The monoisotopic (exact) mass is 312 g/mol. The van der Waals surface area contributed by atoms with E-state index < -0.39 is 0 Å². The molecule has 120 valence electrons. The van der Waals surface area contributed by atoms with Gasteiger partial charge in [0.2, 0.25) is 0 Å². The second-order valence-corrected chi connectivity index (χ2v) is 5.85. The van der Waals surface area contributed by atoms with Gasteiger partial charge in [-0.2, -0.15) is 0 Å². The summed E-state index contributed by atoms with van der Waals surface area (Å²) in [6.45, 7) is 3.17. The zero-order valence-corrected chi connectivity index (χ0v) is 12.9. The smallest absolute Gasteiger partial charge is 0.171 e. The van der Waals surface area contributed by atoms with E-state index in [4.69, 9.17) is 9.47 Å². The van der Waals surface area contributed by atoms with Gasteiger partial charge in [-0.05, 0) is 12.1 Å². The second kappa shape index (κ2) is 6.14. The van der Waals surface area contributed by atoms with Crippen LogP contribution in [0.1, 0.15) is 12.8 Å². The molecule has 2 aromatic rings. The highest BCUT2D eigenvalue weighted by atomic mass is 16.7. The number of hydrogen-bond donors (Lipinski definition) is 1. The highest BCUT2D eigenvalue weighted by molar-refractivity contribution is 5.59. The van der Waals surface area contributed by atoms with E-state index >= 15 is 0 Å². The number of para-hydroxylation sites is 1. The van der Waals surface area contributed by atoms with E-state index in [0.717, 1.165) is 43.3 Å². The molecule has 0 saturated carbocycles. The van der Waals surface area contributed by atoms with Gasteiger partial charge in [0.15, 0.2) is 5.79 Å². The Bertz CT molecular complexity index is 649. The average Bonchev–Trinajstić information content (AvgIpc) is 3.05. The van der Waals surface area contributed by atoms with Gasteiger partial charge in [0, 0.05) is 37.7 Å². The van der Waals surface area contributed by atoms with Crippen LogP contribution in [0, 0.1) is 0 Å². The summed E-state index contributed by atoms with van der Waals surface area (Å²) in [5, 5.41) is 3.30. The van der Waals surface area contributed by atoms with Crippen LogP contribution in [-0.2, 0) is 9.47 Å². The number of aromatic nitrogens is 2. The number of piperidine rings is 1. The molecule has 1 aromatic carbocycles. The highest BCUT2D eigenvalue weighted by Crippen LogP contribution is 2.33. The van der Waals surface area contributed by atoms with E-state index in [1.807, 2.05) is 36.4 Å². The van der Waals surface area contributed by atoms with Gasteiger partial charge in [0.05, 0.1) is 13.2 Å². The third kappa shape index (κ3) is 3.13. The summed E-state index contributed by atoms with van der Waals surface area (Å²) in [4.78, 5) is 11.0. The third-order valence-corrected chi connectivity index (χ3v) is 4.36. The predicted octanol–water partition coefficient (Wildman–Crippen LogP) is 2.56. The normalized spacial score (nSPS) is 19.9. The minimum Gasteiger partial charge on any atom is -0.356 e. The quantitative estimate of drug-likeness (QED) is 0.940. The molecule has 0 atom stereocenters. The van der Waals surface area contributed by atoms with Crippen LogP contribution in [0.25, 0.3) is 0 Å². The van der Waals surface area contributed by atoms with Crippen LogP contribution in [0.2, 0.25) is 0 Å².